The molecule has 0 unspecified atom stereocenters. The zero-order valence-electron chi connectivity index (χ0n) is 17.0. The van der Waals surface area contributed by atoms with E-state index in [2.05, 4.69) is 0 Å². The lowest BCUT2D eigenvalue weighted by molar-refractivity contribution is 0.111. The molecule has 2 N–H and O–H groups in total. The van der Waals surface area contributed by atoms with Crippen LogP contribution >= 0.6 is 0 Å². The van der Waals surface area contributed by atoms with Crippen LogP contribution in [0.4, 0.5) is 4.39 Å². The van der Waals surface area contributed by atoms with Crippen molar-refractivity contribution in [1.29, 1.82) is 0 Å². The Morgan fingerprint density at radius 3 is 2.20 bits per heavy atom. The predicted octanol–water partition coefficient (Wildman–Crippen LogP) is 4.99. The number of aliphatic hydroxyl groups is 1. The fourth-order valence-electron chi connectivity index (χ4n) is 2.70. The number of carbonyl (C=O) groups excluding carboxylic acids is 1. The number of aldehydes is 1. The zero-order valence-corrected chi connectivity index (χ0v) is 17.0. The van der Waals surface area contributed by atoms with Crippen LogP contribution in [0.25, 0.3) is 11.1 Å². The van der Waals surface area contributed by atoms with Gasteiger partial charge in [-0.15, -0.1) is 0 Å². The molecule has 30 heavy (non-hydrogen) atoms. The number of aromatic hydroxyl groups is 1. The Kier molecular flexibility index (Phi) is 8.84. The molecular formula is C24H25FO5. The summed E-state index contributed by atoms with van der Waals surface area (Å²) < 4.78 is 25.4. The van der Waals surface area contributed by atoms with E-state index in [-0.39, 0.29) is 18.1 Å². The molecule has 0 atom stereocenters. The summed E-state index contributed by atoms with van der Waals surface area (Å²) in [7, 11) is 1.00. The number of phenolic OH excluding ortho intramolecular Hbond substituents is 1. The average molecular weight is 412 g/mol. The van der Waals surface area contributed by atoms with E-state index in [1.54, 1.807) is 54.6 Å². The summed E-state index contributed by atoms with van der Waals surface area (Å²) in [5.41, 5.74) is 2.65. The molecule has 0 aliphatic carbocycles. The van der Waals surface area contributed by atoms with Crippen LogP contribution in [0.15, 0.2) is 60.7 Å². The van der Waals surface area contributed by atoms with E-state index in [1.165, 1.54) is 6.07 Å². The standard InChI is InChI=1S/C23H21FO4.CH4O/c1-2-11-27-22-10-7-17(12-21(22)24)18-5-6-19(14-25)23(13-18)28-15-16-3-8-20(26)9-4-16;1-2/h3-10,12-14,26H,2,11,15H2,1H3;2H,1H3. The second-order valence-corrected chi connectivity index (χ2v) is 6.32. The number of benzene rings is 3. The lowest BCUT2D eigenvalue weighted by Gasteiger charge is -2.12. The van der Waals surface area contributed by atoms with Crippen LogP contribution < -0.4 is 9.47 Å². The molecule has 0 saturated carbocycles. The van der Waals surface area contributed by atoms with Gasteiger partial charge in [0.25, 0.3) is 0 Å². The Labute approximate surface area is 175 Å². The molecule has 0 heterocycles. The quantitative estimate of drug-likeness (QED) is 0.510. The minimum Gasteiger partial charge on any atom is -0.508 e. The maximum absolute atomic E-state index is 14.3. The van der Waals surface area contributed by atoms with Crippen molar-refractivity contribution < 1.29 is 28.9 Å². The summed E-state index contributed by atoms with van der Waals surface area (Å²) in [5, 5.41) is 16.3. The van der Waals surface area contributed by atoms with Crippen molar-refractivity contribution in [3.63, 3.8) is 0 Å². The van der Waals surface area contributed by atoms with E-state index in [9.17, 15) is 14.3 Å². The molecule has 0 spiro atoms. The molecule has 3 aromatic rings. The van der Waals surface area contributed by atoms with Gasteiger partial charge in [-0.2, -0.15) is 0 Å². The first-order valence-electron chi connectivity index (χ1n) is 9.48. The highest BCUT2D eigenvalue weighted by Gasteiger charge is 2.10. The summed E-state index contributed by atoms with van der Waals surface area (Å²) in [5.74, 6) is 0.371. The van der Waals surface area contributed by atoms with E-state index in [1.807, 2.05) is 6.92 Å². The van der Waals surface area contributed by atoms with E-state index in [0.29, 0.717) is 23.5 Å². The zero-order chi connectivity index (χ0) is 21.9. The highest BCUT2D eigenvalue weighted by atomic mass is 19.1. The van der Waals surface area contributed by atoms with Crippen LogP contribution in [-0.4, -0.2) is 30.2 Å². The van der Waals surface area contributed by atoms with Gasteiger partial charge in [0.15, 0.2) is 17.9 Å². The van der Waals surface area contributed by atoms with Gasteiger partial charge in [-0.05, 0) is 59.5 Å². The van der Waals surface area contributed by atoms with Gasteiger partial charge in [-0.1, -0.05) is 31.2 Å². The highest BCUT2D eigenvalue weighted by molar-refractivity contribution is 5.82. The molecule has 0 fully saturated rings. The van der Waals surface area contributed by atoms with Crippen LogP contribution in [0.2, 0.25) is 0 Å². The van der Waals surface area contributed by atoms with Crippen LogP contribution in [0, 0.1) is 5.82 Å². The predicted molar refractivity (Wildman–Crippen MR) is 114 cm³/mol. The molecule has 0 aliphatic rings. The number of hydrogen-bond donors (Lipinski definition) is 2. The number of ether oxygens (including phenoxy) is 2. The Bertz CT molecular complexity index is 954. The van der Waals surface area contributed by atoms with Crippen LogP contribution in [-0.2, 0) is 6.61 Å². The van der Waals surface area contributed by atoms with Gasteiger partial charge in [-0.3, -0.25) is 4.79 Å². The molecule has 3 aromatic carbocycles. The van der Waals surface area contributed by atoms with Crippen LogP contribution in [0.1, 0.15) is 29.3 Å². The van der Waals surface area contributed by atoms with Gasteiger partial charge in [0, 0.05) is 7.11 Å². The fourth-order valence-corrected chi connectivity index (χ4v) is 2.70. The second-order valence-electron chi connectivity index (χ2n) is 6.32. The first-order chi connectivity index (χ1) is 14.6. The Hall–Kier alpha value is -3.38. The van der Waals surface area contributed by atoms with Crippen molar-refractivity contribution >= 4 is 6.29 Å². The molecule has 0 amide bonds. The van der Waals surface area contributed by atoms with Crippen molar-refractivity contribution in [3.8, 4) is 28.4 Å². The molecule has 5 nitrogen and oxygen atoms in total. The third-order valence-electron chi connectivity index (χ3n) is 4.20. The highest BCUT2D eigenvalue weighted by Crippen LogP contribution is 2.30. The molecular weight excluding hydrogens is 387 g/mol. The minimum absolute atomic E-state index is 0.174. The molecule has 0 saturated heterocycles. The molecule has 0 aliphatic heterocycles. The van der Waals surface area contributed by atoms with E-state index in [0.717, 1.165) is 30.9 Å². The third kappa shape index (κ3) is 6.06. The van der Waals surface area contributed by atoms with Gasteiger partial charge in [-0.25, -0.2) is 4.39 Å². The van der Waals surface area contributed by atoms with Gasteiger partial charge in [0.1, 0.15) is 18.1 Å². The lowest BCUT2D eigenvalue weighted by Crippen LogP contribution is -1.99. The minimum atomic E-state index is -0.433. The summed E-state index contributed by atoms with van der Waals surface area (Å²) >= 11 is 0. The van der Waals surface area contributed by atoms with Crippen molar-refractivity contribution in [2.45, 2.75) is 20.0 Å². The normalized spacial score (nSPS) is 10.0. The summed E-state index contributed by atoms with van der Waals surface area (Å²) in [6.45, 7) is 2.66. The first kappa shape index (κ1) is 22.9. The lowest BCUT2D eigenvalue weighted by atomic mass is 10.0. The van der Waals surface area contributed by atoms with E-state index >= 15 is 0 Å². The summed E-state index contributed by atoms with van der Waals surface area (Å²) in [6.07, 6.45) is 1.52. The Morgan fingerprint density at radius 2 is 1.57 bits per heavy atom. The SMILES string of the molecule is CCCOc1ccc(-c2ccc(C=O)c(OCc3ccc(O)cc3)c2)cc1F.CO. The van der Waals surface area contributed by atoms with Crippen LogP contribution in [0.3, 0.4) is 0 Å². The second kappa shape index (κ2) is 11.6. The van der Waals surface area contributed by atoms with Crippen molar-refractivity contribution in [1.82, 2.24) is 0 Å². The van der Waals surface area contributed by atoms with Gasteiger partial charge < -0.3 is 19.7 Å². The van der Waals surface area contributed by atoms with Crippen molar-refractivity contribution in [2.24, 2.45) is 0 Å². The molecule has 0 bridgehead atoms. The molecule has 158 valence electrons. The van der Waals surface area contributed by atoms with Crippen LogP contribution in [0.5, 0.6) is 17.2 Å². The molecule has 3 rings (SSSR count). The first-order valence-corrected chi connectivity index (χ1v) is 9.48. The number of phenols is 1. The monoisotopic (exact) mass is 412 g/mol. The largest absolute Gasteiger partial charge is 0.508 e. The van der Waals surface area contributed by atoms with Crippen molar-refractivity contribution in [2.75, 3.05) is 13.7 Å². The van der Waals surface area contributed by atoms with Gasteiger partial charge in [0.05, 0.1) is 12.2 Å². The number of halogens is 1. The third-order valence-corrected chi connectivity index (χ3v) is 4.20. The average Bonchev–Trinajstić information content (AvgIpc) is 2.79. The number of aliphatic hydroxyl groups excluding tert-OH is 1. The number of hydrogen-bond acceptors (Lipinski definition) is 5. The van der Waals surface area contributed by atoms with Gasteiger partial charge >= 0.3 is 0 Å². The van der Waals surface area contributed by atoms with Crippen molar-refractivity contribution in [3.05, 3.63) is 77.6 Å². The molecule has 6 heteroatoms. The maximum Gasteiger partial charge on any atom is 0.165 e. The summed E-state index contributed by atoms with van der Waals surface area (Å²) in [4.78, 5) is 11.3. The maximum atomic E-state index is 14.3. The summed E-state index contributed by atoms with van der Waals surface area (Å²) in [6, 6.07) is 16.5. The fraction of sp³-hybridized carbons (Fsp3) is 0.208. The Balaban J connectivity index is 0.00000155. The topological polar surface area (TPSA) is 76.0 Å². The molecule has 0 radical (unpaired) electrons. The smallest absolute Gasteiger partial charge is 0.165 e. The van der Waals surface area contributed by atoms with Gasteiger partial charge in [0.2, 0.25) is 0 Å². The molecule has 0 aromatic heterocycles. The van der Waals surface area contributed by atoms with E-state index < -0.39 is 5.82 Å². The van der Waals surface area contributed by atoms with E-state index in [4.69, 9.17) is 14.6 Å². The number of carbonyl (C=O) groups is 1. The number of rotatable bonds is 8. The Morgan fingerprint density at radius 1 is 0.900 bits per heavy atom.